The standard InChI is InChI=1S/C32H41N3O10/c1-5-26(16-13-23(4)35(40)41)44-32(39)45-30(37)29(22(2)3)34-31(38)43-20-25-14-17-27(18-15-25)42-21-28(36)33-19-24-11-9-7-6-8-10-12-24/h5,11,13-18,22,29H,4,6-10,12,19-21H2,1-3H3,(H,33,36)(H,34,38)/b16-13-,24-11+,26-5+. The van der Waals surface area contributed by atoms with Crippen LogP contribution >= 0.6 is 0 Å². The number of hydrogen-bond acceptors (Lipinski definition) is 10. The van der Waals surface area contributed by atoms with E-state index in [0.717, 1.165) is 31.4 Å². The van der Waals surface area contributed by atoms with Crippen molar-refractivity contribution in [2.75, 3.05) is 13.2 Å². The molecular formula is C32H41N3O10. The van der Waals surface area contributed by atoms with E-state index in [2.05, 4.69) is 28.0 Å². The molecule has 13 nitrogen and oxygen atoms in total. The van der Waals surface area contributed by atoms with Gasteiger partial charge in [-0.2, -0.15) is 0 Å². The monoisotopic (exact) mass is 627 g/mol. The Hall–Kier alpha value is -4.94. The lowest BCUT2D eigenvalue weighted by Crippen LogP contribution is -2.46. The summed E-state index contributed by atoms with van der Waals surface area (Å²) in [7, 11) is 0. The van der Waals surface area contributed by atoms with E-state index in [1.807, 2.05) is 0 Å². The number of allylic oxidation sites excluding steroid dienone is 4. The number of nitrogens with one attached hydrogen (secondary N) is 2. The zero-order valence-electron chi connectivity index (χ0n) is 25.9. The molecule has 1 aromatic carbocycles. The first-order chi connectivity index (χ1) is 21.5. The van der Waals surface area contributed by atoms with Crippen LogP contribution in [0.5, 0.6) is 5.75 Å². The van der Waals surface area contributed by atoms with Crippen molar-refractivity contribution < 1.29 is 43.0 Å². The van der Waals surface area contributed by atoms with Gasteiger partial charge in [0.15, 0.2) is 6.61 Å². The van der Waals surface area contributed by atoms with Crippen LogP contribution in [0.15, 0.2) is 72.2 Å². The number of carbonyl (C=O) groups excluding carboxylic acids is 4. The predicted octanol–water partition coefficient (Wildman–Crippen LogP) is 5.64. The molecule has 0 aromatic heterocycles. The molecule has 2 rings (SSSR count). The average molecular weight is 628 g/mol. The van der Waals surface area contributed by atoms with Gasteiger partial charge in [-0.15, -0.1) is 0 Å². The lowest BCUT2D eigenvalue weighted by atomic mass is 10.00. The number of ether oxygens (including phenoxy) is 4. The first-order valence-corrected chi connectivity index (χ1v) is 14.7. The maximum Gasteiger partial charge on any atom is 0.521 e. The minimum absolute atomic E-state index is 0.123. The second kappa shape index (κ2) is 19.4. The Morgan fingerprint density at radius 2 is 1.76 bits per heavy atom. The zero-order valence-corrected chi connectivity index (χ0v) is 25.9. The first kappa shape index (κ1) is 36.3. The number of amides is 2. The van der Waals surface area contributed by atoms with Gasteiger partial charge in [-0.3, -0.25) is 14.9 Å². The minimum atomic E-state index is -1.39. The van der Waals surface area contributed by atoms with Gasteiger partial charge < -0.3 is 29.6 Å². The maximum atomic E-state index is 12.5. The fourth-order valence-electron chi connectivity index (χ4n) is 4.02. The molecule has 1 aliphatic carbocycles. The molecule has 0 saturated carbocycles. The number of nitro groups is 1. The summed E-state index contributed by atoms with van der Waals surface area (Å²) in [5.74, 6) is -1.44. The number of carbonyl (C=O) groups is 4. The molecule has 0 radical (unpaired) electrons. The summed E-state index contributed by atoms with van der Waals surface area (Å²) in [5.41, 5.74) is 1.43. The van der Waals surface area contributed by atoms with Crippen molar-refractivity contribution in [3.8, 4) is 5.75 Å². The maximum absolute atomic E-state index is 12.5. The molecule has 13 heteroatoms. The first-order valence-electron chi connectivity index (χ1n) is 14.7. The van der Waals surface area contributed by atoms with E-state index in [4.69, 9.17) is 14.2 Å². The molecule has 1 aromatic rings. The number of nitrogens with zero attached hydrogens (tertiary/aromatic N) is 1. The van der Waals surface area contributed by atoms with E-state index in [0.29, 0.717) is 17.9 Å². The highest BCUT2D eigenvalue weighted by Crippen LogP contribution is 2.17. The highest BCUT2D eigenvalue weighted by Gasteiger charge is 2.29. The Balaban J connectivity index is 1.77. The number of alkyl carbamates (subject to hydrolysis) is 1. The minimum Gasteiger partial charge on any atom is -0.484 e. The molecule has 1 unspecified atom stereocenters. The van der Waals surface area contributed by atoms with Crippen LogP contribution in [0.25, 0.3) is 0 Å². The highest BCUT2D eigenvalue weighted by atomic mass is 16.7. The third-order valence-electron chi connectivity index (χ3n) is 6.60. The molecule has 0 fully saturated rings. The molecule has 0 bridgehead atoms. The van der Waals surface area contributed by atoms with Gasteiger partial charge in [-0.25, -0.2) is 14.4 Å². The summed E-state index contributed by atoms with van der Waals surface area (Å²) >= 11 is 0. The zero-order chi connectivity index (χ0) is 33.2. The molecule has 244 valence electrons. The lowest BCUT2D eigenvalue weighted by molar-refractivity contribution is -0.418. The summed E-state index contributed by atoms with van der Waals surface area (Å²) in [6.07, 6.45) is 10.2. The quantitative estimate of drug-likeness (QED) is 0.0500. The van der Waals surface area contributed by atoms with Crippen LogP contribution in [0.1, 0.15) is 64.9 Å². The lowest BCUT2D eigenvalue weighted by Gasteiger charge is -2.19. The molecule has 0 saturated heterocycles. The summed E-state index contributed by atoms with van der Waals surface area (Å²) < 4.78 is 20.3. The summed E-state index contributed by atoms with van der Waals surface area (Å²) in [6.45, 7) is 8.23. The summed E-state index contributed by atoms with van der Waals surface area (Å²) in [4.78, 5) is 59.2. The van der Waals surface area contributed by atoms with Crippen LogP contribution in [0, 0.1) is 16.0 Å². The van der Waals surface area contributed by atoms with E-state index in [-0.39, 0.29) is 24.9 Å². The van der Waals surface area contributed by atoms with Crippen LogP contribution < -0.4 is 15.4 Å². The van der Waals surface area contributed by atoms with E-state index < -0.39 is 40.8 Å². The summed E-state index contributed by atoms with van der Waals surface area (Å²) in [6, 6.07) is 5.37. The van der Waals surface area contributed by atoms with Gasteiger partial charge >= 0.3 is 18.2 Å². The van der Waals surface area contributed by atoms with Crippen molar-refractivity contribution in [1.29, 1.82) is 0 Å². The van der Waals surface area contributed by atoms with Crippen LogP contribution in [0.3, 0.4) is 0 Å². The summed E-state index contributed by atoms with van der Waals surface area (Å²) in [5, 5.41) is 15.9. The third kappa shape index (κ3) is 14.4. The number of rotatable bonds is 14. The van der Waals surface area contributed by atoms with E-state index in [9.17, 15) is 29.3 Å². The molecule has 0 spiro atoms. The normalized spacial score (nSPS) is 15.5. The molecule has 1 atom stereocenters. The van der Waals surface area contributed by atoms with Gasteiger partial charge in [-0.1, -0.05) is 50.5 Å². The van der Waals surface area contributed by atoms with Crippen molar-refractivity contribution in [2.45, 2.75) is 71.9 Å². The number of esters is 1. The van der Waals surface area contributed by atoms with Gasteiger partial charge in [-0.05, 0) is 75.0 Å². The Bertz CT molecular complexity index is 1300. The molecule has 2 amide bonds. The van der Waals surface area contributed by atoms with Crippen molar-refractivity contribution in [1.82, 2.24) is 10.6 Å². The average Bonchev–Trinajstić information content (AvgIpc) is 2.99. The molecule has 2 N–H and O–H groups in total. The Labute approximate surface area is 262 Å². The second-order valence-electron chi connectivity index (χ2n) is 10.5. The van der Waals surface area contributed by atoms with Gasteiger partial charge in [0.1, 0.15) is 24.2 Å². The fraction of sp³-hybridized carbons (Fsp3) is 0.438. The van der Waals surface area contributed by atoms with Gasteiger partial charge in [0.05, 0.1) is 4.92 Å². The molecular weight excluding hydrogens is 586 g/mol. The third-order valence-corrected chi connectivity index (χ3v) is 6.60. The second-order valence-corrected chi connectivity index (χ2v) is 10.5. The van der Waals surface area contributed by atoms with Gasteiger partial charge in [0.25, 0.3) is 11.6 Å². The molecule has 0 heterocycles. The van der Waals surface area contributed by atoms with Crippen molar-refractivity contribution in [2.24, 2.45) is 5.92 Å². The largest absolute Gasteiger partial charge is 0.521 e. The smallest absolute Gasteiger partial charge is 0.484 e. The van der Waals surface area contributed by atoms with E-state index in [1.165, 1.54) is 37.8 Å². The fourth-order valence-corrected chi connectivity index (χ4v) is 4.02. The predicted molar refractivity (Wildman–Crippen MR) is 164 cm³/mol. The molecule has 45 heavy (non-hydrogen) atoms. The Morgan fingerprint density at radius 3 is 2.42 bits per heavy atom. The van der Waals surface area contributed by atoms with Crippen LogP contribution in [-0.4, -0.2) is 48.2 Å². The Morgan fingerprint density at radius 1 is 1.04 bits per heavy atom. The van der Waals surface area contributed by atoms with E-state index in [1.54, 1.807) is 38.1 Å². The topological polar surface area (TPSA) is 172 Å². The van der Waals surface area contributed by atoms with Crippen LogP contribution in [-0.2, 0) is 30.4 Å². The van der Waals surface area contributed by atoms with Crippen LogP contribution in [0.4, 0.5) is 9.59 Å². The van der Waals surface area contributed by atoms with Crippen molar-refractivity contribution >= 4 is 24.1 Å². The molecule has 0 aliphatic heterocycles. The van der Waals surface area contributed by atoms with Gasteiger partial charge in [0.2, 0.25) is 0 Å². The SMILES string of the molecule is C=C(/C=C\C(=C/C)OC(=O)OC(=O)C(NC(=O)OCc1ccc(OCC(=O)NC/C2=C/CCCCCC2)cc1)C(C)C)[N+](=O)[O-]. The van der Waals surface area contributed by atoms with Gasteiger partial charge in [0, 0.05) is 12.6 Å². The van der Waals surface area contributed by atoms with Crippen molar-refractivity contribution in [3.63, 3.8) is 0 Å². The van der Waals surface area contributed by atoms with Crippen LogP contribution in [0.2, 0.25) is 0 Å². The van der Waals surface area contributed by atoms with Crippen molar-refractivity contribution in [3.05, 3.63) is 87.9 Å². The molecule has 1 aliphatic rings. The van der Waals surface area contributed by atoms with E-state index >= 15 is 0 Å². The highest BCUT2D eigenvalue weighted by molar-refractivity contribution is 5.88. The number of benzene rings is 1. The Kier molecular flexibility index (Phi) is 15.6. The number of hydrogen-bond donors (Lipinski definition) is 2.